The fraction of sp³-hybridized carbons (Fsp3) is 0.182. The maximum atomic E-state index is 12.8. The van der Waals surface area contributed by atoms with E-state index in [0.717, 1.165) is 15.8 Å². The van der Waals surface area contributed by atoms with E-state index >= 15 is 0 Å². The largest absolute Gasteiger partial charge is 0.322 e. The predicted octanol–water partition coefficient (Wildman–Crippen LogP) is 2.91. The van der Waals surface area contributed by atoms with Crippen molar-refractivity contribution >= 4 is 50.7 Å². The first-order chi connectivity index (χ1) is 14.5. The summed E-state index contributed by atoms with van der Waals surface area (Å²) in [4.78, 5) is 50.6. The molecule has 0 radical (unpaired) electrons. The van der Waals surface area contributed by atoms with Crippen LogP contribution in [-0.2, 0) is 16.1 Å². The van der Waals surface area contributed by atoms with Crippen LogP contribution in [0, 0.1) is 0 Å². The summed E-state index contributed by atoms with van der Waals surface area (Å²) in [5.41, 5.74) is 2.38. The lowest BCUT2D eigenvalue weighted by Crippen LogP contribution is -2.52. The summed E-state index contributed by atoms with van der Waals surface area (Å²) in [7, 11) is 0. The van der Waals surface area contributed by atoms with Crippen LogP contribution < -0.4 is 10.6 Å². The van der Waals surface area contributed by atoms with E-state index < -0.39 is 11.9 Å². The van der Waals surface area contributed by atoms with E-state index in [1.165, 1.54) is 4.90 Å². The quantitative estimate of drug-likeness (QED) is 0.638. The van der Waals surface area contributed by atoms with E-state index in [4.69, 9.17) is 0 Å². The fourth-order valence-electron chi connectivity index (χ4n) is 3.98. The van der Waals surface area contributed by atoms with E-state index in [2.05, 4.69) is 10.6 Å². The molecule has 1 atom stereocenters. The number of nitrogens with zero attached hydrogens (tertiary/aromatic N) is 1. The first-order valence-electron chi connectivity index (χ1n) is 9.56. The van der Waals surface area contributed by atoms with E-state index in [-0.39, 0.29) is 30.7 Å². The zero-order valence-corrected chi connectivity index (χ0v) is 16.6. The van der Waals surface area contributed by atoms with Gasteiger partial charge in [-0.1, -0.05) is 18.2 Å². The number of imide groups is 1. The SMILES string of the molecule is O=C1CCC(N2Cc3cc(C(=O)Nc4csc5ccccc45)ccc3C2=O)C(=O)N1. The Kier molecular flexibility index (Phi) is 4.36. The van der Waals surface area contributed by atoms with Crippen molar-refractivity contribution in [3.63, 3.8) is 0 Å². The summed E-state index contributed by atoms with van der Waals surface area (Å²) >= 11 is 1.56. The molecule has 2 aromatic carbocycles. The lowest BCUT2D eigenvalue weighted by Gasteiger charge is -2.29. The average molecular weight is 419 g/mol. The number of thiophene rings is 1. The van der Waals surface area contributed by atoms with Crippen LogP contribution in [0.5, 0.6) is 0 Å². The van der Waals surface area contributed by atoms with Crippen molar-refractivity contribution in [2.45, 2.75) is 25.4 Å². The Morgan fingerprint density at radius 1 is 1.13 bits per heavy atom. The second-order valence-electron chi connectivity index (χ2n) is 7.37. The van der Waals surface area contributed by atoms with Crippen LogP contribution in [-0.4, -0.2) is 34.6 Å². The second kappa shape index (κ2) is 7.07. The molecule has 2 aliphatic rings. The third-order valence-corrected chi connectivity index (χ3v) is 6.48. The number of carbonyl (C=O) groups is 4. The van der Waals surface area contributed by atoms with Crippen LogP contribution in [0.1, 0.15) is 39.1 Å². The molecule has 8 heteroatoms. The van der Waals surface area contributed by atoms with E-state index in [1.807, 2.05) is 29.6 Å². The normalized spacial score (nSPS) is 18.5. The lowest BCUT2D eigenvalue weighted by atomic mass is 10.0. The summed E-state index contributed by atoms with van der Waals surface area (Å²) in [5, 5.41) is 8.12. The number of piperidine rings is 1. The minimum atomic E-state index is -0.669. The Labute approximate surface area is 175 Å². The van der Waals surface area contributed by atoms with Crippen molar-refractivity contribution in [2.75, 3.05) is 5.32 Å². The monoisotopic (exact) mass is 419 g/mol. The summed E-state index contributed by atoms with van der Waals surface area (Å²) < 4.78 is 1.09. The number of anilines is 1. The zero-order chi connectivity index (χ0) is 20.8. The van der Waals surface area contributed by atoms with Crippen LogP contribution in [0.2, 0.25) is 0 Å². The van der Waals surface area contributed by atoms with Gasteiger partial charge in [0.1, 0.15) is 6.04 Å². The second-order valence-corrected chi connectivity index (χ2v) is 8.28. The number of fused-ring (bicyclic) bond motifs is 2. The fourth-order valence-corrected chi connectivity index (χ4v) is 4.88. The van der Waals surface area contributed by atoms with Crippen molar-refractivity contribution in [1.29, 1.82) is 0 Å². The maximum Gasteiger partial charge on any atom is 0.255 e. The molecule has 2 N–H and O–H groups in total. The zero-order valence-electron chi connectivity index (χ0n) is 15.8. The Morgan fingerprint density at radius 2 is 1.97 bits per heavy atom. The van der Waals surface area contributed by atoms with Crippen molar-refractivity contribution < 1.29 is 19.2 Å². The van der Waals surface area contributed by atoms with E-state index in [9.17, 15) is 19.2 Å². The standard InChI is InChI=1S/C22H17N3O4S/c26-19-8-7-17(21(28)24-19)25-10-13-9-12(5-6-14(13)22(25)29)20(27)23-16-11-30-18-4-2-1-3-15(16)18/h1-6,9,11,17H,7-8,10H2,(H,23,27)(H,24,26,28). The van der Waals surface area contributed by atoms with Gasteiger partial charge < -0.3 is 10.2 Å². The number of nitrogens with one attached hydrogen (secondary N) is 2. The molecule has 0 spiro atoms. The smallest absolute Gasteiger partial charge is 0.255 e. The Hall–Kier alpha value is -3.52. The number of benzene rings is 2. The van der Waals surface area contributed by atoms with Gasteiger partial charge in [0.05, 0.1) is 5.69 Å². The van der Waals surface area contributed by atoms with Crippen molar-refractivity contribution in [2.24, 2.45) is 0 Å². The van der Waals surface area contributed by atoms with Crippen molar-refractivity contribution in [3.05, 3.63) is 64.5 Å². The van der Waals surface area contributed by atoms with Gasteiger partial charge in [-0.2, -0.15) is 0 Å². The van der Waals surface area contributed by atoms with Gasteiger partial charge in [0.2, 0.25) is 11.8 Å². The minimum Gasteiger partial charge on any atom is -0.322 e. The summed E-state index contributed by atoms with van der Waals surface area (Å²) in [6.45, 7) is 0.239. The van der Waals surface area contributed by atoms with Crippen LogP contribution in [0.4, 0.5) is 5.69 Å². The Morgan fingerprint density at radius 3 is 2.80 bits per heavy atom. The first-order valence-corrected chi connectivity index (χ1v) is 10.4. The summed E-state index contributed by atoms with van der Waals surface area (Å²) in [6.07, 6.45) is 0.516. The van der Waals surface area contributed by atoms with Crippen LogP contribution in [0.15, 0.2) is 47.8 Å². The molecule has 1 saturated heterocycles. The molecule has 7 nitrogen and oxygen atoms in total. The molecule has 3 heterocycles. The molecule has 2 aliphatic heterocycles. The highest BCUT2D eigenvalue weighted by Crippen LogP contribution is 2.31. The van der Waals surface area contributed by atoms with Crippen molar-refractivity contribution in [1.82, 2.24) is 10.2 Å². The first kappa shape index (κ1) is 18.5. The molecule has 1 aromatic heterocycles. The lowest BCUT2D eigenvalue weighted by molar-refractivity contribution is -0.136. The molecule has 0 bridgehead atoms. The molecule has 3 aromatic rings. The highest BCUT2D eigenvalue weighted by atomic mass is 32.1. The molecule has 1 unspecified atom stereocenters. The third-order valence-electron chi connectivity index (χ3n) is 5.51. The molecule has 4 amide bonds. The highest BCUT2D eigenvalue weighted by molar-refractivity contribution is 7.17. The molecule has 150 valence electrons. The van der Waals surface area contributed by atoms with Crippen molar-refractivity contribution in [3.8, 4) is 0 Å². The molecule has 30 heavy (non-hydrogen) atoms. The van der Waals surface area contributed by atoms with Gasteiger partial charge in [0, 0.05) is 39.6 Å². The predicted molar refractivity (Wildman–Crippen MR) is 112 cm³/mol. The molecule has 0 aliphatic carbocycles. The number of amides is 4. The van der Waals surface area contributed by atoms with Crippen LogP contribution in [0.25, 0.3) is 10.1 Å². The number of rotatable bonds is 3. The van der Waals surface area contributed by atoms with Gasteiger partial charge in [-0.15, -0.1) is 11.3 Å². The van der Waals surface area contributed by atoms with Crippen LogP contribution >= 0.6 is 11.3 Å². The Balaban J connectivity index is 1.37. The molecule has 1 fully saturated rings. The number of hydrogen-bond donors (Lipinski definition) is 2. The van der Waals surface area contributed by atoms with Gasteiger partial charge in [0.25, 0.3) is 11.8 Å². The summed E-state index contributed by atoms with van der Waals surface area (Å²) in [6, 6.07) is 12.1. The van der Waals surface area contributed by atoms with E-state index in [1.54, 1.807) is 29.5 Å². The third kappa shape index (κ3) is 3.05. The van der Waals surface area contributed by atoms with Gasteiger partial charge in [-0.05, 0) is 36.2 Å². The Bertz CT molecular complexity index is 1230. The van der Waals surface area contributed by atoms with Gasteiger partial charge >= 0.3 is 0 Å². The molecule has 5 rings (SSSR count). The van der Waals surface area contributed by atoms with Gasteiger partial charge in [0.15, 0.2) is 0 Å². The highest BCUT2D eigenvalue weighted by Gasteiger charge is 2.39. The summed E-state index contributed by atoms with van der Waals surface area (Å²) in [5.74, 6) is -1.28. The molecular weight excluding hydrogens is 402 g/mol. The molecular formula is C22H17N3O4S. The maximum absolute atomic E-state index is 12.8. The number of carbonyl (C=O) groups excluding carboxylic acids is 4. The van der Waals surface area contributed by atoms with Gasteiger partial charge in [-0.25, -0.2) is 0 Å². The average Bonchev–Trinajstić information content (AvgIpc) is 3.29. The minimum absolute atomic E-state index is 0.207. The topological polar surface area (TPSA) is 95.6 Å². The van der Waals surface area contributed by atoms with Gasteiger partial charge in [-0.3, -0.25) is 24.5 Å². The number of hydrogen-bond acceptors (Lipinski definition) is 5. The van der Waals surface area contributed by atoms with E-state index in [0.29, 0.717) is 23.1 Å². The molecule has 0 saturated carbocycles. The van der Waals surface area contributed by atoms with Crippen LogP contribution in [0.3, 0.4) is 0 Å².